The molecule has 3 aromatic carbocycles. The first-order chi connectivity index (χ1) is 19.2. The molecule has 6 nitrogen and oxygen atoms in total. The molecule has 0 unspecified atom stereocenters. The van der Waals surface area contributed by atoms with Crippen LogP contribution in [-0.4, -0.2) is 35.7 Å². The fraction of sp³-hybridized carbons (Fsp3) is 0.333. The van der Waals surface area contributed by atoms with Crippen LogP contribution in [0.2, 0.25) is 0 Å². The van der Waals surface area contributed by atoms with Gasteiger partial charge in [-0.05, 0) is 61.1 Å². The second-order valence-corrected chi connectivity index (χ2v) is 9.64. The van der Waals surface area contributed by atoms with Crippen molar-refractivity contribution in [2.75, 3.05) is 20.3 Å². The Morgan fingerprint density at radius 2 is 1.77 bits per heavy atom. The van der Waals surface area contributed by atoms with Crippen LogP contribution in [0.25, 0.3) is 11.0 Å². The molecule has 1 aromatic heterocycles. The van der Waals surface area contributed by atoms with Crippen LogP contribution < -0.4 is 14.8 Å². The number of amides is 1. The molecule has 0 saturated heterocycles. The number of carbonyl (C=O) groups is 1. The van der Waals surface area contributed by atoms with E-state index in [2.05, 4.69) is 40.7 Å². The fourth-order valence-electron chi connectivity index (χ4n) is 4.74. The number of methoxy groups -OCH3 is 1. The van der Waals surface area contributed by atoms with E-state index in [0.717, 1.165) is 72.4 Å². The summed E-state index contributed by atoms with van der Waals surface area (Å²) in [5, 5.41) is 3.06. The van der Waals surface area contributed by atoms with Crippen LogP contribution in [0.3, 0.4) is 0 Å². The number of carbonyl (C=O) groups excluding carboxylic acids is 1. The van der Waals surface area contributed by atoms with E-state index in [9.17, 15) is 4.79 Å². The molecule has 0 bridgehead atoms. The first kappa shape index (κ1) is 28.0. The molecule has 0 fully saturated rings. The number of hydrogen-bond acceptors (Lipinski definition) is 4. The predicted octanol–water partition coefficient (Wildman–Crippen LogP) is 6.31. The lowest BCUT2D eigenvalue weighted by Gasteiger charge is -2.14. The number of nitrogens with one attached hydrogen (secondary N) is 1. The standard InChI is InChI=1S/C33H39N3O3/c1-3-12-27-18-20-30(31(25-27)38-2)39-24-23-36-29-16-10-9-15-28(29)35-32(36)17-8-5-11-22-34-33(37)21-19-26-13-6-4-7-14-26/h3-4,6-7,9-10,13-16,18,20,25H,1,5,8,11-12,17,19,21-24H2,2H3,(H,34,37). The van der Waals surface area contributed by atoms with Crippen LogP contribution in [0.1, 0.15) is 42.6 Å². The van der Waals surface area contributed by atoms with Crippen molar-refractivity contribution in [2.24, 2.45) is 0 Å². The van der Waals surface area contributed by atoms with E-state index < -0.39 is 0 Å². The Morgan fingerprint density at radius 1 is 0.949 bits per heavy atom. The molecule has 0 radical (unpaired) electrons. The molecule has 1 heterocycles. The van der Waals surface area contributed by atoms with Gasteiger partial charge in [0.1, 0.15) is 12.4 Å². The molecule has 6 heteroatoms. The van der Waals surface area contributed by atoms with Crippen LogP contribution in [0, 0.1) is 0 Å². The van der Waals surface area contributed by atoms with Gasteiger partial charge in [0.25, 0.3) is 0 Å². The Labute approximate surface area is 231 Å². The van der Waals surface area contributed by atoms with Crippen molar-refractivity contribution in [2.45, 2.75) is 51.5 Å². The number of aromatic nitrogens is 2. The van der Waals surface area contributed by atoms with Gasteiger partial charge in [0, 0.05) is 19.4 Å². The summed E-state index contributed by atoms with van der Waals surface area (Å²) in [6.07, 6.45) is 7.88. The Balaban J connectivity index is 1.24. The van der Waals surface area contributed by atoms with Gasteiger partial charge in [-0.1, -0.05) is 61.0 Å². The van der Waals surface area contributed by atoms with Crippen LogP contribution in [-0.2, 0) is 30.6 Å². The minimum Gasteiger partial charge on any atom is -0.493 e. The molecule has 4 aromatic rings. The number of benzene rings is 3. The van der Waals surface area contributed by atoms with Gasteiger partial charge in [0.05, 0.1) is 24.7 Å². The first-order valence-corrected chi connectivity index (χ1v) is 13.8. The van der Waals surface area contributed by atoms with Gasteiger partial charge >= 0.3 is 0 Å². The number of unbranched alkanes of at least 4 members (excludes halogenated alkanes) is 2. The van der Waals surface area contributed by atoms with E-state index in [0.29, 0.717) is 26.1 Å². The van der Waals surface area contributed by atoms with Gasteiger partial charge in [-0.25, -0.2) is 4.98 Å². The third-order valence-corrected chi connectivity index (χ3v) is 6.80. The highest BCUT2D eigenvalue weighted by molar-refractivity contribution is 5.76. The molecule has 0 saturated carbocycles. The number of aryl methyl sites for hydroxylation is 2. The first-order valence-electron chi connectivity index (χ1n) is 13.8. The van der Waals surface area contributed by atoms with E-state index in [1.165, 1.54) is 5.56 Å². The molecular weight excluding hydrogens is 486 g/mol. The molecule has 0 aliphatic rings. The van der Waals surface area contributed by atoms with Crippen molar-refractivity contribution in [3.8, 4) is 11.5 Å². The minimum atomic E-state index is 0.118. The molecule has 204 valence electrons. The number of rotatable bonds is 16. The molecule has 0 atom stereocenters. The highest BCUT2D eigenvalue weighted by Crippen LogP contribution is 2.28. The monoisotopic (exact) mass is 525 g/mol. The van der Waals surface area contributed by atoms with Crippen molar-refractivity contribution < 1.29 is 14.3 Å². The molecule has 0 aliphatic heterocycles. The molecule has 1 N–H and O–H groups in total. The Morgan fingerprint density at radius 3 is 2.59 bits per heavy atom. The summed E-state index contributed by atoms with van der Waals surface area (Å²) in [6.45, 7) is 5.73. The minimum absolute atomic E-state index is 0.118. The van der Waals surface area contributed by atoms with Crippen molar-refractivity contribution in [3.63, 3.8) is 0 Å². The van der Waals surface area contributed by atoms with Gasteiger partial charge in [0.15, 0.2) is 11.5 Å². The van der Waals surface area contributed by atoms with Crippen LogP contribution in [0.5, 0.6) is 11.5 Å². The number of hydrogen-bond donors (Lipinski definition) is 1. The largest absolute Gasteiger partial charge is 0.493 e. The van der Waals surface area contributed by atoms with Gasteiger partial charge in [-0.15, -0.1) is 6.58 Å². The van der Waals surface area contributed by atoms with Crippen LogP contribution in [0.15, 0.2) is 85.5 Å². The zero-order chi connectivity index (χ0) is 27.3. The predicted molar refractivity (Wildman–Crippen MR) is 157 cm³/mol. The number of imidazole rings is 1. The van der Waals surface area contributed by atoms with E-state index in [1.54, 1.807) is 7.11 Å². The Bertz CT molecular complexity index is 1350. The lowest BCUT2D eigenvalue weighted by Crippen LogP contribution is -2.24. The lowest BCUT2D eigenvalue weighted by atomic mass is 10.1. The summed E-state index contributed by atoms with van der Waals surface area (Å²) in [4.78, 5) is 17.1. The summed E-state index contributed by atoms with van der Waals surface area (Å²) in [7, 11) is 1.66. The number of fused-ring (bicyclic) bond motifs is 1. The second-order valence-electron chi connectivity index (χ2n) is 9.64. The summed E-state index contributed by atoms with van der Waals surface area (Å²) in [6, 6.07) is 24.4. The van der Waals surface area contributed by atoms with E-state index >= 15 is 0 Å². The van der Waals surface area contributed by atoms with E-state index in [-0.39, 0.29) is 5.91 Å². The maximum absolute atomic E-state index is 12.2. The molecule has 4 rings (SSSR count). The average Bonchev–Trinajstić information content (AvgIpc) is 3.32. The fourth-order valence-corrected chi connectivity index (χ4v) is 4.74. The average molecular weight is 526 g/mol. The summed E-state index contributed by atoms with van der Waals surface area (Å²) in [5.41, 5.74) is 4.46. The van der Waals surface area contributed by atoms with Crippen LogP contribution >= 0.6 is 0 Å². The summed E-state index contributed by atoms with van der Waals surface area (Å²) >= 11 is 0. The normalized spacial score (nSPS) is 10.9. The second kappa shape index (κ2) is 14.8. The van der Waals surface area contributed by atoms with Crippen LogP contribution in [0.4, 0.5) is 0 Å². The Kier molecular flexibility index (Phi) is 10.6. The smallest absolute Gasteiger partial charge is 0.220 e. The highest BCUT2D eigenvalue weighted by atomic mass is 16.5. The number of para-hydroxylation sites is 2. The molecule has 0 spiro atoms. The summed E-state index contributed by atoms with van der Waals surface area (Å²) in [5.74, 6) is 2.66. The third kappa shape index (κ3) is 8.21. The van der Waals surface area contributed by atoms with E-state index in [1.807, 2.05) is 54.6 Å². The van der Waals surface area contributed by atoms with Gasteiger partial charge in [-0.2, -0.15) is 0 Å². The van der Waals surface area contributed by atoms with Crippen molar-refractivity contribution in [1.29, 1.82) is 0 Å². The topological polar surface area (TPSA) is 65.4 Å². The maximum Gasteiger partial charge on any atom is 0.220 e. The zero-order valence-electron chi connectivity index (χ0n) is 22.9. The van der Waals surface area contributed by atoms with Gasteiger partial charge < -0.3 is 19.4 Å². The van der Waals surface area contributed by atoms with Gasteiger partial charge in [-0.3, -0.25) is 4.79 Å². The number of ether oxygens (including phenoxy) is 2. The summed E-state index contributed by atoms with van der Waals surface area (Å²) < 4.78 is 13.9. The molecule has 0 aliphatic carbocycles. The number of nitrogens with zero attached hydrogens (tertiary/aromatic N) is 2. The lowest BCUT2D eigenvalue weighted by molar-refractivity contribution is -0.121. The zero-order valence-corrected chi connectivity index (χ0v) is 22.9. The van der Waals surface area contributed by atoms with Crippen molar-refractivity contribution in [3.05, 3.63) is 102 Å². The molecule has 1 amide bonds. The van der Waals surface area contributed by atoms with Crippen molar-refractivity contribution >= 4 is 16.9 Å². The van der Waals surface area contributed by atoms with Gasteiger partial charge in [0.2, 0.25) is 5.91 Å². The molecule has 39 heavy (non-hydrogen) atoms. The van der Waals surface area contributed by atoms with E-state index in [4.69, 9.17) is 14.5 Å². The Hall–Kier alpha value is -4.06. The number of allylic oxidation sites excluding steroid dienone is 1. The van der Waals surface area contributed by atoms with Crippen molar-refractivity contribution in [1.82, 2.24) is 14.9 Å². The quantitative estimate of drug-likeness (QED) is 0.137. The SMILES string of the molecule is C=CCc1ccc(OCCn2c(CCCCCNC(=O)CCc3ccccc3)nc3ccccc32)c(OC)c1. The highest BCUT2D eigenvalue weighted by Gasteiger charge is 2.12. The maximum atomic E-state index is 12.2. The third-order valence-electron chi connectivity index (χ3n) is 6.80. The molecular formula is C33H39N3O3.